The van der Waals surface area contributed by atoms with Gasteiger partial charge in [-0.05, 0) is 36.6 Å². The fraction of sp³-hybridized carbons (Fsp3) is 0.308. The Morgan fingerprint density at radius 2 is 2.29 bits per heavy atom. The summed E-state index contributed by atoms with van der Waals surface area (Å²) in [6.45, 7) is 0. The van der Waals surface area contributed by atoms with Gasteiger partial charge >= 0.3 is 7.40 Å². The second-order valence-corrected chi connectivity index (χ2v) is 6.10. The lowest BCUT2D eigenvalue weighted by Crippen LogP contribution is -3.00. The molecule has 0 aliphatic heterocycles. The first-order valence-electron chi connectivity index (χ1n) is 6.00. The van der Waals surface area contributed by atoms with Crippen molar-refractivity contribution in [2.45, 2.75) is 12.5 Å². The maximum atomic E-state index is 11.3. The molecule has 1 unspecified atom stereocenters. The van der Waals surface area contributed by atoms with Crippen LogP contribution in [0.25, 0.3) is 10.9 Å². The Morgan fingerprint density at radius 3 is 2.95 bits per heavy atom. The van der Waals surface area contributed by atoms with Gasteiger partial charge in [-0.3, -0.25) is 0 Å². The van der Waals surface area contributed by atoms with E-state index in [1.54, 1.807) is 11.8 Å². The molecule has 0 saturated heterocycles. The zero-order chi connectivity index (χ0) is 14.5. The Labute approximate surface area is 143 Å². The van der Waals surface area contributed by atoms with Crippen LogP contribution in [0, 0.1) is 0 Å². The number of carboxylic acids is 1. The maximum Gasteiger partial charge on any atom is 1.00 e. The van der Waals surface area contributed by atoms with E-state index in [1.165, 1.54) is 6.33 Å². The summed E-state index contributed by atoms with van der Waals surface area (Å²) >= 11 is 5.02. The van der Waals surface area contributed by atoms with Gasteiger partial charge in [-0.2, -0.15) is 11.8 Å². The number of benzene rings is 1. The molecule has 0 fully saturated rings. The van der Waals surface area contributed by atoms with Crippen LogP contribution in [-0.4, -0.2) is 39.1 Å². The number of hydrogen-bond donors (Lipinski definition) is 2. The van der Waals surface area contributed by atoms with Gasteiger partial charge in [-0.15, -0.1) is 0 Å². The molecule has 0 aliphatic rings. The highest BCUT2D eigenvalue weighted by atomic mass is 79.9. The SMILES string of the molecule is CSCCC(Nc1ncnc2ccc(Br)cc12)C(=O)O.[Cl-].[H+]. The van der Waals surface area contributed by atoms with Gasteiger partial charge < -0.3 is 22.8 Å². The molecule has 0 aliphatic carbocycles. The minimum absolute atomic E-state index is 0. The van der Waals surface area contributed by atoms with Crippen LogP contribution in [0.15, 0.2) is 29.0 Å². The van der Waals surface area contributed by atoms with Gasteiger partial charge in [0, 0.05) is 9.86 Å². The largest absolute Gasteiger partial charge is 1.00 e. The lowest BCUT2D eigenvalue weighted by Gasteiger charge is -2.15. The van der Waals surface area contributed by atoms with E-state index in [2.05, 4.69) is 31.2 Å². The van der Waals surface area contributed by atoms with Crippen LogP contribution in [0.3, 0.4) is 0 Å². The van der Waals surface area contributed by atoms with Crippen molar-refractivity contribution in [2.24, 2.45) is 0 Å². The fourth-order valence-corrected chi connectivity index (χ4v) is 2.63. The Morgan fingerprint density at radius 1 is 1.52 bits per heavy atom. The molecule has 5 nitrogen and oxygen atoms in total. The molecule has 0 spiro atoms. The number of nitrogens with one attached hydrogen (secondary N) is 1. The standard InChI is InChI=1S/C13H14BrN3O2S.ClH/c1-20-5-4-11(13(18)19)17-12-9-6-8(14)2-3-10(9)15-7-16-12;/h2-3,6-7,11H,4-5H2,1H3,(H,18,19)(H,15,16,17);1H. The Hall–Kier alpha value is -1.05. The third-order valence-electron chi connectivity index (χ3n) is 2.82. The molecule has 0 amide bonds. The van der Waals surface area contributed by atoms with Crippen molar-refractivity contribution >= 4 is 50.4 Å². The van der Waals surface area contributed by atoms with Gasteiger partial charge in [0.05, 0.1) is 5.52 Å². The minimum Gasteiger partial charge on any atom is -1.00 e. The number of fused-ring (bicyclic) bond motifs is 1. The molecular weight excluding hydrogens is 378 g/mol. The minimum atomic E-state index is -0.874. The first-order chi connectivity index (χ1) is 9.61. The average molecular weight is 393 g/mol. The van der Waals surface area contributed by atoms with Gasteiger partial charge in [0.25, 0.3) is 0 Å². The van der Waals surface area contributed by atoms with E-state index in [4.69, 9.17) is 0 Å². The normalized spacial score (nSPS) is 11.7. The van der Waals surface area contributed by atoms with Crippen molar-refractivity contribution in [3.63, 3.8) is 0 Å². The van der Waals surface area contributed by atoms with Crippen LogP contribution >= 0.6 is 27.7 Å². The van der Waals surface area contributed by atoms with Gasteiger partial charge in [0.15, 0.2) is 0 Å². The van der Waals surface area contributed by atoms with Gasteiger partial charge in [-0.1, -0.05) is 15.9 Å². The number of thioether (sulfide) groups is 1. The van der Waals surface area contributed by atoms with Crippen LogP contribution in [-0.2, 0) is 4.79 Å². The second kappa shape index (κ2) is 8.41. The molecule has 0 saturated carbocycles. The van der Waals surface area contributed by atoms with Crippen LogP contribution in [0.2, 0.25) is 0 Å². The number of carbonyl (C=O) groups is 1. The smallest absolute Gasteiger partial charge is 1.00 e. The quantitative estimate of drug-likeness (QED) is 0.728. The number of hydrogen-bond acceptors (Lipinski definition) is 5. The second-order valence-electron chi connectivity index (χ2n) is 4.20. The van der Waals surface area contributed by atoms with Crippen molar-refractivity contribution in [3.05, 3.63) is 29.0 Å². The van der Waals surface area contributed by atoms with Crippen LogP contribution in [0.5, 0.6) is 0 Å². The van der Waals surface area contributed by atoms with E-state index >= 15 is 0 Å². The zero-order valence-electron chi connectivity index (χ0n) is 12.2. The highest BCUT2D eigenvalue weighted by Crippen LogP contribution is 2.24. The van der Waals surface area contributed by atoms with Crippen molar-refractivity contribution < 1.29 is 23.7 Å². The first kappa shape index (κ1) is 18.0. The molecule has 8 heteroatoms. The van der Waals surface area contributed by atoms with E-state index in [-0.39, 0.29) is 13.8 Å². The molecule has 2 N–H and O–H groups in total. The van der Waals surface area contributed by atoms with E-state index in [1.807, 2.05) is 24.5 Å². The van der Waals surface area contributed by atoms with Gasteiger partial charge in [-0.25, -0.2) is 14.8 Å². The van der Waals surface area contributed by atoms with E-state index in [0.717, 1.165) is 21.1 Å². The summed E-state index contributed by atoms with van der Waals surface area (Å²) in [7, 11) is 0. The molecule has 0 bridgehead atoms. The molecule has 1 atom stereocenters. The predicted octanol–water partition coefficient (Wildman–Crippen LogP) is 0.127. The van der Waals surface area contributed by atoms with Crippen molar-refractivity contribution in [1.82, 2.24) is 9.97 Å². The first-order valence-corrected chi connectivity index (χ1v) is 8.19. The molecule has 1 heterocycles. The molecular formula is C13H15BrClN3O2S. The summed E-state index contributed by atoms with van der Waals surface area (Å²) in [6, 6.07) is 4.98. The number of aromatic nitrogens is 2. The monoisotopic (exact) mass is 391 g/mol. The lowest BCUT2D eigenvalue weighted by atomic mass is 10.2. The predicted molar refractivity (Wildman–Crippen MR) is 86.4 cm³/mol. The molecule has 114 valence electrons. The Balaban J connectivity index is 0.00000220. The summed E-state index contributed by atoms with van der Waals surface area (Å²) in [4.78, 5) is 19.6. The zero-order valence-corrected chi connectivity index (χ0v) is 14.4. The number of carboxylic acid groups (broad SMARTS) is 1. The van der Waals surface area contributed by atoms with Crippen molar-refractivity contribution in [3.8, 4) is 0 Å². The molecule has 2 rings (SSSR count). The van der Waals surface area contributed by atoms with Gasteiger partial charge in [0.1, 0.15) is 18.2 Å². The maximum absolute atomic E-state index is 11.3. The highest BCUT2D eigenvalue weighted by molar-refractivity contribution is 9.10. The summed E-state index contributed by atoms with van der Waals surface area (Å²) in [5, 5.41) is 13.1. The van der Waals surface area contributed by atoms with E-state index in [0.29, 0.717) is 12.2 Å². The highest BCUT2D eigenvalue weighted by Gasteiger charge is 2.18. The topological polar surface area (TPSA) is 75.1 Å². The number of aliphatic carboxylic acids is 1. The molecule has 2 aromatic rings. The molecule has 1 aromatic heterocycles. The van der Waals surface area contributed by atoms with Crippen molar-refractivity contribution in [1.29, 1.82) is 0 Å². The third kappa shape index (κ3) is 4.72. The summed E-state index contributed by atoms with van der Waals surface area (Å²) in [5.41, 5.74) is 0.778. The molecule has 1 aromatic carbocycles. The number of nitrogens with zero attached hydrogens (tertiary/aromatic N) is 2. The lowest BCUT2D eigenvalue weighted by molar-refractivity contribution is -0.137. The van der Waals surface area contributed by atoms with Crippen LogP contribution in [0.4, 0.5) is 5.82 Å². The fourth-order valence-electron chi connectivity index (χ4n) is 1.80. The van der Waals surface area contributed by atoms with Crippen LogP contribution in [0.1, 0.15) is 7.85 Å². The third-order valence-corrected chi connectivity index (χ3v) is 3.95. The van der Waals surface area contributed by atoms with E-state index < -0.39 is 12.0 Å². The number of halogens is 2. The van der Waals surface area contributed by atoms with E-state index in [9.17, 15) is 9.90 Å². The summed E-state index contributed by atoms with van der Waals surface area (Å²) < 4.78 is 0.902. The summed E-state index contributed by atoms with van der Waals surface area (Å²) in [6.07, 6.45) is 3.93. The Kier molecular flexibility index (Phi) is 7.21. The average Bonchev–Trinajstić information content (AvgIpc) is 2.43. The summed E-state index contributed by atoms with van der Waals surface area (Å²) in [5.74, 6) is 0.446. The number of anilines is 1. The molecule has 21 heavy (non-hydrogen) atoms. The number of rotatable bonds is 6. The van der Waals surface area contributed by atoms with Crippen molar-refractivity contribution in [2.75, 3.05) is 17.3 Å². The van der Waals surface area contributed by atoms with Crippen LogP contribution < -0.4 is 17.7 Å². The Bertz CT molecular complexity index is 635. The molecule has 0 radical (unpaired) electrons. The van der Waals surface area contributed by atoms with Gasteiger partial charge in [0.2, 0.25) is 0 Å².